The molecule has 1 heterocycles. The van der Waals surface area contributed by atoms with Crippen LogP contribution in [0.25, 0.3) is 11.5 Å². The largest absolute Gasteiger partial charge is 0.495 e. The average Bonchev–Trinajstić information content (AvgIpc) is 3.10. The number of nitrogens with one attached hydrogen (secondary N) is 1. The molecule has 0 unspecified atom stereocenters. The molecule has 0 aliphatic rings. The molecule has 27 heavy (non-hydrogen) atoms. The van der Waals surface area contributed by atoms with Crippen molar-refractivity contribution in [2.24, 2.45) is 0 Å². The maximum Gasteiger partial charge on any atom is 0.277 e. The standard InChI is InChI=1S/C18H15ClFN3O3S/c1-10(16(24)21-11-7-8-15(25-2)13(19)9-11)27-18-23-22-17(26-18)12-5-3-4-6-14(12)20/h3-10H,1-2H3,(H,21,24)/t10-/m0/s1. The number of nitrogens with zero attached hydrogens (tertiary/aromatic N) is 2. The summed E-state index contributed by atoms with van der Waals surface area (Å²) in [4.78, 5) is 12.4. The first-order valence-electron chi connectivity index (χ1n) is 7.87. The number of methoxy groups -OCH3 is 1. The molecule has 0 aliphatic heterocycles. The van der Waals surface area contributed by atoms with Gasteiger partial charge in [-0.3, -0.25) is 4.79 Å². The number of thioether (sulfide) groups is 1. The summed E-state index contributed by atoms with van der Waals surface area (Å²) in [6.07, 6.45) is 0. The molecule has 9 heteroatoms. The summed E-state index contributed by atoms with van der Waals surface area (Å²) in [5, 5.41) is 10.5. The van der Waals surface area contributed by atoms with Crippen molar-refractivity contribution >= 4 is 35.0 Å². The van der Waals surface area contributed by atoms with E-state index in [2.05, 4.69) is 15.5 Å². The van der Waals surface area contributed by atoms with Crippen LogP contribution in [0.3, 0.4) is 0 Å². The zero-order valence-corrected chi connectivity index (χ0v) is 16.0. The van der Waals surface area contributed by atoms with Crippen LogP contribution in [-0.4, -0.2) is 28.5 Å². The molecule has 0 aliphatic carbocycles. The monoisotopic (exact) mass is 407 g/mol. The second-order valence-electron chi connectivity index (χ2n) is 5.45. The van der Waals surface area contributed by atoms with Crippen molar-refractivity contribution < 1.29 is 18.3 Å². The van der Waals surface area contributed by atoms with Gasteiger partial charge in [-0.05, 0) is 37.3 Å². The van der Waals surface area contributed by atoms with E-state index >= 15 is 0 Å². The first-order chi connectivity index (χ1) is 13.0. The van der Waals surface area contributed by atoms with Crippen LogP contribution in [0.15, 0.2) is 52.1 Å². The Morgan fingerprint density at radius 1 is 1.30 bits per heavy atom. The Balaban J connectivity index is 1.65. The quantitative estimate of drug-likeness (QED) is 0.599. The number of carbonyl (C=O) groups excluding carboxylic acids is 1. The predicted molar refractivity (Wildman–Crippen MR) is 102 cm³/mol. The van der Waals surface area contributed by atoms with Crippen LogP contribution in [-0.2, 0) is 4.79 Å². The van der Waals surface area contributed by atoms with E-state index in [1.54, 1.807) is 43.3 Å². The van der Waals surface area contributed by atoms with Crippen LogP contribution >= 0.6 is 23.4 Å². The Kier molecular flexibility index (Phi) is 5.98. The maximum absolute atomic E-state index is 13.8. The molecule has 3 rings (SSSR count). The van der Waals surface area contributed by atoms with Crippen molar-refractivity contribution in [2.45, 2.75) is 17.4 Å². The summed E-state index contributed by atoms with van der Waals surface area (Å²) in [7, 11) is 1.51. The fourth-order valence-corrected chi connectivity index (χ4v) is 3.13. The van der Waals surface area contributed by atoms with Crippen molar-refractivity contribution in [1.29, 1.82) is 0 Å². The van der Waals surface area contributed by atoms with Gasteiger partial charge < -0.3 is 14.5 Å². The number of ether oxygens (including phenoxy) is 1. The van der Waals surface area contributed by atoms with Gasteiger partial charge in [0.25, 0.3) is 11.1 Å². The zero-order valence-electron chi connectivity index (χ0n) is 14.4. The van der Waals surface area contributed by atoms with Crippen LogP contribution < -0.4 is 10.1 Å². The van der Waals surface area contributed by atoms with Gasteiger partial charge in [0.05, 0.1) is 22.9 Å². The number of anilines is 1. The average molecular weight is 408 g/mol. The van der Waals surface area contributed by atoms with Crippen LogP contribution in [0.4, 0.5) is 10.1 Å². The van der Waals surface area contributed by atoms with Crippen molar-refractivity contribution in [1.82, 2.24) is 10.2 Å². The highest BCUT2D eigenvalue weighted by atomic mass is 35.5. The summed E-state index contributed by atoms with van der Waals surface area (Å²) in [5.41, 5.74) is 0.748. The van der Waals surface area contributed by atoms with E-state index < -0.39 is 11.1 Å². The topological polar surface area (TPSA) is 77.2 Å². The van der Waals surface area contributed by atoms with Crippen molar-refractivity contribution in [3.05, 3.63) is 53.3 Å². The van der Waals surface area contributed by atoms with E-state index in [-0.39, 0.29) is 22.6 Å². The van der Waals surface area contributed by atoms with Crippen LogP contribution in [0.1, 0.15) is 6.92 Å². The normalized spacial score (nSPS) is 11.9. The Morgan fingerprint density at radius 3 is 2.78 bits per heavy atom. The lowest BCUT2D eigenvalue weighted by molar-refractivity contribution is -0.115. The predicted octanol–water partition coefficient (Wildman–Crippen LogP) is 4.66. The zero-order chi connectivity index (χ0) is 19.4. The number of amides is 1. The lowest BCUT2D eigenvalue weighted by Gasteiger charge is -2.11. The van der Waals surface area contributed by atoms with Gasteiger partial charge in [0.1, 0.15) is 11.6 Å². The Bertz CT molecular complexity index is 967. The van der Waals surface area contributed by atoms with E-state index in [1.165, 1.54) is 13.2 Å². The molecule has 0 saturated heterocycles. The Morgan fingerprint density at radius 2 is 2.07 bits per heavy atom. The smallest absolute Gasteiger partial charge is 0.277 e. The number of carbonyl (C=O) groups is 1. The molecule has 140 valence electrons. The highest BCUT2D eigenvalue weighted by Gasteiger charge is 2.20. The number of hydrogen-bond acceptors (Lipinski definition) is 6. The molecule has 1 amide bonds. The molecule has 1 aromatic heterocycles. The van der Waals surface area contributed by atoms with E-state index in [9.17, 15) is 9.18 Å². The number of benzene rings is 2. The lowest BCUT2D eigenvalue weighted by Crippen LogP contribution is -2.22. The molecule has 1 N–H and O–H groups in total. The lowest BCUT2D eigenvalue weighted by atomic mass is 10.2. The highest BCUT2D eigenvalue weighted by molar-refractivity contribution is 8.00. The molecule has 0 saturated carbocycles. The molecular weight excluding hydrogens is 393 g/mol. The molecule has 6 nitrogen and oxygen atoms in total. The van der Waals surface area contributed by atoms with Gasteiger partial charge >= 0.3 is 0 Å². The highest BCUT2D eigenvalue weighted by Crippen LogP contribution is 2.30. The summed E-state index contributed by atoms with van der Waals surface area (Å²) >= 11 is 7.12. The first kappa shape index (κ1) is 19.2. The van der Waals surface area contributed by atoms with Crippen LogP contribution in [0.5, 0.6) is 5.75 Å². The molecule has 1 atom stereocenters. The maximum atomic E-state index is 13.8. The van der Waals surface area contributed by atoms with Gasteiger partial charge in [-0.1, -0.05) is 35.5 Å². The summed E-state index contributed by atoms with van der Waals surface area (Å²) in [6.45, 7) is 1.69. The number of aromatic nitrogens is 2. The molecular formula is C18H15ClFN3O3S. The summed E-state index contributed by atoms with van der Waals surface area (Å²) in [5.74, 6) is -0.152. The molecule has 0 spiro atoms. The fraction of sp³-hybridized carbons (Fsp3) is 0.167. The van der Waals surface area contributed by atoms with Crippen molar-refractivity contribution in [2.75, 3.05) is 12.4 Å². The third-order valence-corrected chi connectivity index (χ3v) is 4.81. The van der Waals surface area contributed by atoms with Gasteiger partial charge in [0, 0.05) is 5.69 Å². The van der Waals surface area contributed by atoms with Gasteiger partial charge in [0.15, 0.2) is 0 Å². The van der Waals surface area contributed by atoms with E-state index in [0.29, 0.717) is 16.5 Å². The number of rotatable bonds is 6. The third kappa shape index (κ3) is 4.58. The van der Waals surface area contributed by atoms with E-state index in [4.69, 9.17) is 20.8 Å². The van der Waals surface area contributed by atoms with Gasteiger partial charge in [-0.2, -0.15) is 0 Å². The molecule has 0 fully saturated rings. The Hall–Kier alpha value is -2.58. The van der Waals surface area contributed by atoms with Gasteiger partial charge in [0.2, 0.25) is 5.91 Å². The van der Waals surface area contributed by atoms with Crippen LogP contribution in [0, 0.1) is 5.82 Å². The first-order valence-corrected chi connectivity index (χ1v) is 9.13. The fourth-order valence-electron chi connectivity index (χ4n) is 2.19. The summed E-state index contributed by atoms with van der Waals surface area (Å²) < 4.78 is 24.3. The minimum absolute atomic E-state index is 0.0603. The second-order valence-corrected chi connectivity index (χ2v) is 7.15. The Labute approximate surface area is 164 Å². The van der Waals surface area contributed by atoms with Crippen molar-refractivity contribution in [3.8, 4) is 17.2 Å². The molecule has 0 radical (unpaired) electrons. The number of halogens is 2. The van der Waals surface area contributed by atoms with E-state index in [0.717, 1.165) is 11.8 Å². The van der Waals surface area contributed by atoms with Gasteiger partial charge in [-0.25, -0.2) is 4.39 Å². The minimum atomic E-state index is -0.528. The number of hydrogen-bond donors (Lipinski definition) is 1. The molecule has 3 aromatic rings. The SMILES string of the molecule is COc1ccc(NC(=O)[C@H](C)Sc2nnc(-c3ccccc3F)o2)cc1Cl. The minimum Gasteiger partial charge on any atom is -0.495 e. The second kappa shape index (κ2) is 8.41. The third-order valence-electron chi connectivity index (χ3n) is 3.58. The molecule has 0 bridgehead atoms. The van der Waals surface area contributed by atoms with Gasteiger partial charge in [-0.15, -0.1) is 10.2 Å². The van der Waals surface area contributed by atoms with Crippen LogP contribution in [0.2, 0.25) is 5.02 Å². The molecule has 2 aromatic carbocycles. The van der Waals surface area contributed by atoms with Crippen molar-refractivity contribution in [3.63, 3.8) is 0 Å². The summed E-state index contributed by atoms with van der Waals surface area (Å²) in [6, 6.07) is 11.0. The van der Waals surface area contributed by atoms with E-state index in [1.807, 2.05) is 0 Å².